The number of rotatable bonds is 6. The molecule has 0 saturated heterocycles. The van der Waals surface area contributed by atoms with Crippen molar-refractivity contribution in [2.75, 3.05) is 18.5 Å². The van der Waals surface area contributed by atoms with Gasteiger partial charge in [0.2, 0.25) is 0 Å². The molecule has 118 valence electrons. The summed E-state index contributed by atoms with van der Waals surface area (Å²) < 4.78 is 1.96. The summed E-state index contributed by atoms with van der Waals surface area (Å²) in [5.74, 6) is -0.205. The maximum atomic E-state index is 11.9. The van der Waals surface area contributed by atoms with E-state index in [1.165, 1.54) is 0 Å². The molecule has 0 aliphatic rings. The van der Waals surface area contributed by atoms with E-state index in [0.717, 1.165) is 17.0 Å². The van der Waals surface area contributed by atoms with E-state index in [9.17, 15) is 4.79 Å². The van der Waals surface area contributed by atoms with Crippen LogP contribution < -0.4 is 10.6 Å². The normalized spacial score (nSPS) is 10.7. The molecule has 0 unspecified atom stereocenters. The van der Waals surface area contributed by atoms with Crippen molar-refractivity contribution in [3.63, 3.8) is 0 Å². The molecule has 7 nitrogen and oxygen atoms in total. The molecule has 0 aliphatic heterocycles. The number of aliphatic hydroxyl groups is 1. The molecule has 3 N–H and O–H groups in total. The van der Waals surface area contributed by atoms with Gasteiger partial charge in [0.25, 0.3) is 5.91 Å². The average Bonchev–Trinajstić information content (AvgIpc) is 3.01. The fraction of sp³-hybridized carbons (Fsp3) is 0.188. The molecular formula is C16H17N5O2. The van der Waals surface area contributed by atoms with Crippen LogP contribution in [0.15, 0.2) is 49.1 Å². The Morgan fingerprint density at radius 2 is 2.22 bits per heavy atom. The van der Waals surface area contributed by atoms with Crippen LogP contribution in [-0.4, -0.2) is 38.5 Å². The molecule has 0 saturated carbocycles. The Morgan fingerprint density at radius 1 is 1.30 bits per heavy atom. The van der Waals surface area contributed by atoms with Gasteiger partial charge in [-0.1, -0.05) is 6.07 Å². The van der Waals surface area contributed by atoms with E-state index in [0.29, 0.717) is 12.1 Å². The smallest absolute Gasteiger partial charge is 0.251 e. The first-order valence-electron chi connectivity index (χ1n) is 7.27. The topological polar surface area (TPSA) is 91.5 Å². The van der Waals surface area contributed by atoms with E-state index in [2.05, 4.69) is 20.6 Å². The molecule has 3 rings (SSSR count). The number of benzene rings is 1. The Labute approximate surface area is 133 Å². The van der Waals surface area contributed by atoms with Crippen molar-refractivity contribution in [1.82, 2.24) is 19.7 Å². The van der Waals surface area contributed by atoms with Gasteiger partial charge < -0.3 is 15.7 Å². The van der Waals surface area contributed by atoms with Gasteiger partial charge in [0, 0.05) is 30.2 Å². The van der Waals surface area contributed by atoms with Crippen molar-refractivity contribution < 1.29 is 9.90 Å². The molecule has 7 heteroatoms. The van der Waals surface area contributed by atoms with Crippen LogP contribution in [-0.2, 0) is 6.54 Å². The Hall–Kier alpha value is -2.93. The molecule has 2 heterocycles. The number of carbonyl (C=O) groups excluding carboxylic acids is 1. The molecule has 2 aromatic heterocycles. The van der Waals surface area contributed by atoms with Crippen molar-refractivity contribution in [3.8, 4) is 0 Å². The van der Waals surface area contributed by atoms with Gasteiger partial charge in [-0.2, -0.15) is 0 Å². The van der Waals surface area contributed by atoms with Crippen molar-refractivity contribution in [2.24, 2.45) is 0 Å². The van der Waals surface area contributed by atoms with E-state index in [-0.39, 0.29) is 19.1 Å². The summed E-state index contributed by atoms with van der Waals surface area (Å²) in [6, 6.07) is 7.22. The quantitative estimate of drug-likeness (QED) is 0.633. The van der Waals surface area contributed by atoms with Crippen LogP contribution in [0, 0.1) is 0 Å². The molecule has 0 radical (unpaired) electrons. The zero-order valence-corrected chi connectivity index (χ0v) is 12.4. The predicted molar refractivity (Wildman–Crippen MR) is 86.2 cm³/mol. The lowest BCUT2D eigenvalue weighted by molar-refractivity contribution is 0.0945. The maximum Gasteiger partial charge on any atom is 0.251 e. The second-order valence-corrected chi connectivity index (χ2v) is 4.97. The van der Waals surface area contributed by atoms with Crippen LogP contribution >= 0.6 is 0 Å². The highest BCUT2D eigenvalue weighted by atomic mass is 16.3. The minimum atomic E-state index is -0.205. The standard InChI is InChI=1S/C16H17N5O2/c22-7-5-18-16(23)12-2-1-3-13(8-12)19-9-14-10-20-15-11-17-4-6-21(14)15/h1-4,6,8,10-11,19,22H,5,7,9H2,(H,18,23). The summed E-state index contributed by atoms with van der Waals surface area (Å²) in [4.78, 5) is 20.2. The number of aromatic nitrogens is 3. The second-order valence-electron chi connectivity index (χ2n) is 4.97. The maximum absolute atomic E-state index is 11.9. The number of nitrogens with zero attached hydrogens (tertiary/aromatic N) is 3. The van der Waals surface area contributed by atoms with Crippen LogP contribution in [0.3, 0.4) is 0 Å². The third kappa shape index (κ3) is 3.46. The molecule has 0 fully saturated rings. The zero-order chi connectivity index (χ0) is 16.1. The Bertz CT molecular complexity index is 815. The summed E-state index contributed by atoms with van der Waals surface area (Å²) in [7, 11) is 0. The lowest BCUT2D eigenvalue weighted by Crippen LogP contribution is -2.26. The third-order valence-corrected chi connectivity index (χ3v) is 3.39. The number of aliphatic hydroxyl groups excluding tert-OH is 1. The Morgan fingerprint density at radius 3 is 3.09 bits per heavy atom. The number of imidazole rings is 1. The number of anilines is 1. The van der Waals surface area contributed by atoms with E-state index in [1.54, 1.807) is 30.7 Å². The number of fused-ring (bicyclic) bond motifs is 1. The first kappa shape index (κ1) is 15.0. The predicted octanol–water partition coefficient (Wildman–Crippen LogP) is 1.06. The van der Waals surface area contributed by atoms with Gasteiger partial charge in [0.05, 0.1) is 31.2 Å². The van der Waals surface area contributed by atoms with Gasteiger partial charge >= 0.3 is 0 Å². The number of hydrogen-bond acceptors (Lipinski definition) is 5. The first-order valence-corrected chi connectivity index (χ1v) is 7.27. The largest absolute Gasteiger partial charge is 0.395 e. The molecule has 1 amide bonds. The SMILES string of the molecule is O=C(NCCO)c1cccc(NCc2cnc3cnccn23)c1. The van der Waals surface area contributed by atoms with Crippen molar-refractivity contribution in [3.05, 3.63) is 60.3 Å². The van der Waals surface area contributed by atoms with Crippen molar-refractivity contribution in [1.29, 1.82) is 0 Å². The van der Waals surface area contributed by atoms with Gasteiger partial charge in [0.15, 0.2) is 5.65 Å². The summed E-state index contributed by atoms with van der Waals surface area (Å²) in [5.41, 5.74) is 3.18. The molecule has 0 bridgehead atoms. The lowest BCUT2D eigenvalue weighted by Gasteiger charge is -2.08. The summed E-state index contributed by atoms with van der Waals surface area (Å²) in [6.07, 6.45) is 7.07. The van der Waals surface area contributed by atoms with Crippen LogP contribution in [0.25, 0.3) is 5.65 Å². The fourth-order valence-corrected chi connectivity index (χ4v) is 2.26. The molecule has 3 aromatic rings. The van der Waals surface area contributed by atoms with Crippen molar-refractivity contribution >= 4 is 17.2 Å². The van der Waals surface area contributed by atoms with Gasteiger partial charge in [-0.05, 0) is 18.2 Å². The summed E-state index contributed by atoms with van der Waals surface area (Å²) in [6.45, 7) is 0.742. The summed E-state index contributed by atoms with van der Waals surface area (Å²) in [5, 5.41) is 14.7. The lowest BCUT2D eigenvalue weighted by atomic mass is 10.2. The van der Waals surface area contributed by atoms with Gasteiger partial charge in [-0.3, -0.25) is 14.2 Å². The van der Waals surface area contributed by atoms with Gasteiger partial charge in [-0.25, -0.2) is 4.98 Å². The second kappa shape index (κ2) is 6.89. The molecule has 0 aliphatic carbocycles. The first-order chi connectivity index (χ1) is 11.3. The minimum Gasteiger partial charge on any atom is -0.395 e. The van der Waals surface area contributed by atoms with Crippen LogP contribution in [0.4, 0.5) is 5.69 Å². The number of amides is 1. The average molecular weight is 311 g/mol. The third-order valence-electron chi connectivity index (χ3n) is 3.39. The Kier molecular flexibility index (Phi) is 4.49. The van der Waals surface area contributed by atoms with Gasteiger partial charge in [0.1, 0.15) is 0 Å². The fourth-order valence-electron chi connectivity index (χ4n) is 2.26. The van der Waals surface area contributed by atoms with E-state index in [4.69, 9.17) is 5.11 Å². The number of nitrogens with one attached hydrogen (secondary N) is 2. The Balaban J connectivity index is 1.70. The van der Waals surface area contributed by atoms with Crippen LogP contribution in [0.2, 0.25) is 0 Å². The summed E-state index contributed by atoms with van der Waals surface area (Å²) >= 11 is 0. The minimum absolute atomic E-state index is 0.0766. The van der Waals surface area contributed by atoms with Gasteiger partial charge in [-0.15, -0.1) is 0 Å². The molecule has 0 spiro atoms. The van der Waals surface area contributed by atoms with E-state index < -0.39 is 0 Å². The number of hydrogen-bond donors (Lipinski definition) is 3. The van der Waals surface area contributed by atoms with Crippen LogP contribution in [0.5, 0.6) is 0 Å². The molecular weight excluding hydrogens is 294 g/mol. The molecule has 0 atom stereocenters. The number of carbonyl (C=O) groups is 1. The van der Waals surface area contributed by atoms with Crippen LogP contribution in [0.1, 0.15) is 16.1 Å². The highest BCUT2D eigenvalue weighted by molar-refractivity contribution is 5.95. The van der Waals surface area contributed by atoms with Crippen molar-refractivity contribution in [2.45, 2.75) is 6.54 Å². The highest BCUT2D eigenvalue weighted by Crippen LogP contribution is 2.13. The monoisotopic (exact) mass is 311 g/mol. The highest BCUT2D eigenvalue weighted by Gasteiger charge is 2.06. The molecule has 1 aromatic carbocycles. The van der Waals surface area contributed by atoms with E-state index >= 15 is 0 Å². The molecule has 23 heavy (non-hydrogen) atoms. The zero-order valence-electron chi connectivity index (χ0n) is 12.4. The van der Waals surface area contributed by atoms with E-state index in [1.807, 2.05) is 22.7 Å².